The molecular formula is C5H6F3N3. The number of nitrogen functional groups attached to an aromatic ring is 1. The summed E-state index contributed by atoms with van der Waals surface area (Å²) in [6.45, 7) is 1.26. The summed E-state index contributed by atoms with van der Waals surface area (Å²) in [7, 11) is 0. The number of nitrogens with two attached hydrogens (primary N) is 1. The third-order valence-corrected chi connectivity index (χ3v) is 1.31. The van der Waals surface area contributed by atoms with Gasteiger partial charge in [-0.25, -0.2) is 4.98 Å². The van der Waals surface area contributed by atoms with Gasteiger partial charge in [-0.15, -0.1) is 0 Å². The first-order valence-corrected chi connectivity index (χ1v) is 2.79. The van der Waals surface area contributed by atoms with E-state index in [2.05, 4.69) is 4.98 Å². The van der Waals surface area contributed by atoms with Crippen LogP contribution in [0, 0.1) is 6.92 Å². The van der Waals surface area contributed by atoms with Gasteiger partial charge in [-0.05, 0) is 6.92 Å². The van der Waals surface area contributed by atoms with E-state index >= 15 is 0 Å². The Labute approximate surface area is 60.6 Å². The topological polar surface area (TPSA) is 43.8 Å². The van der Waals surface area contributed by atoms with Gasteiger partial charge >= 0.3 is 6.18 Å². The van der Waals surface area contributed by atoms with E-state index in [1.54, 1.807) is 0 Å². The predicted octanol–water partition coefficient (Wildman–Crippen LogP) is 0.924. The fourth-order valence-corrected chi connectivity index (χ4v) is 0.701. The highest BCUT2D eigenvalue weighted by molar-refractivity contribution is 5.14. The molecule has 62 valence electrons. The minimum atomic E-state index is -4.41. The van der Waals surface area contributed by atoms with E-state index in [0.29, 0.717) is 0 Å². The molecule has 0 spiro atoms. The normalized spacial score (nSPS) is 12.0. The summed E-state index contributed by atoms with van der Waals surface area (Å²) in [5.41, 5.74) is -1.02. The number of nitrogens with zero attached hydrogens (tertiary/aromatic N) is 2. The molecule has 1 rings (SSSR count). The van der Waals surface area contributed by atoms with Crippen LogP contribution in [-0.2, 0) is 6.18 Å². The number of alkyl halides is 3. The van der Waals surface area contributed by atoms with Crippen LogP contribution in [0.5, 0.6) is 0 Å². The van der Waals surface area contributed by atoms with Crippen molar-refractivity contribution in [2.24, 2.45) is 0 Å². The summed E-state index contributed by atoms with van der Waals surface area (Å²) >= 11 is 0. The number of halogens is 3. The second-order valence-electron chi connectivity index (χ2n) is 2.08. The molecular weight excluding hydrogens is 159 g/mol. The Bertz CT molecular complexity index is 262. The molecule has 0 saturated carbocycles. The van der Waals surface area contributed by atoms with Crippen LogP contribution in [-0.4, -0.2) is 9.66 Å². The van der Waals surface area contributed by atoms with Gasteiger partial charge in [0, 0.05) is 0 Å². The maximum absolute atomic E-state index is 11.9. The minimum Gasteiger partial charge on any atom is -0.338 e. The monoisotopic (exact) mass is 165 g/mol. The average molecular weight is 165 g/mol. The molecule has 11 heavy (non-hydrogen) atoms. The molecule has 2 N–H and O–H groups in total. The Morgan fingerprint density at radius 1 is 1.55 bits per heavy atom. The van der Waals surface area contributed by atoms with Crippen LogP contribution in [0.4, 0.5) is 13.2 Å². The molecule has 1 aromatic rings. The molecule has 1 heterocycles. The van der Waals surface area contributed by atoms with Gasteiger partial charge in [0.25, 0.3) is 0 Å². The summed E-state index contributed by atoms with van der Waals surface area (Å²) in [5, 5.41) is 0. The molecule has 0 amide bonds. The maximum Gasteiger partial charge on any atom is 0.435 e. The molecule has 0 fully saturated rings. The van der Waals surface area contributed by atoms with E-state index in [9.17, 15) is 13.2 Å². The smallest absolute Gasteiger partial charge is 0.338 e. The van der Waals surface area contributed by atoms with Crippen LogP contribution in [0.15, 0.2) is 6.33 Å². The minimum absolute atomic E-state index is 0.0856. The summed E-state index contributed by atoms with van der Waals surface area (Å²) in [6, 6.07) is 0. The van der Waals surface area contributed by atoms with Gasteiger partial charge in [-0.3, -0.25) is 4.68 Å². The number of hydrogen-bond acceptors (Lipinski definition) is 2. The molecule has 1 aromatic heterocycles. The molecule has 0 bridgehead atoms. The van der Waals surface area contributed by atoms with Crippen LogP contribution >= 0.6 is 0 Å². The fourth-order valence-electron chi connectivity index (χ4n) is 0.701. The molecule has 0 aliphatic carbocycles. The Morgan fingerprint density at radius 3 is 2.27 bits per heavy atom. The summed E-state index contributed by atoms with van der Waals surface area (Å²) < 4.78 is 36.6. The van der Waals surface area contributed by atoms with Crippen LogP contribution < -0.4 is 5.84 Å². The lowest BCUT2D eigenvalue weighted by Crippen LogP contribution is -2.12. The van der Waals surface area contributed by atoms with E-state index in [1.165, 1.54) is 6.92 Å². The Hall–Kier alpha value is -1.20. The Balaban J connectivity index is 3.15. The highest BCUT2D eigenvalue weighted by atomic mass is 19.4. The zero-order valence-electron chi connectivity index (χ0n) is 5.68. The quantitative estimate of drug-likeness (QED) is 0.581. The van der Waals surface area contributed by atoms with Crippen molar-refractivity contribution in [3.8, 4) is 0 Å². The first-order chi connectivity index (χ1) is 4.93. The van der Waals surface area contributed by atoms with Crippen molar-refractivity contribution in [1.29, 1.82) is 0 Å². The molecule has 0 atom stereocenters. The molecule has 0 aliphatic heterocycles. The zero-order chi connectivity index (χ0) is 8.65. The second kappa shape index (κ2) is 2.14. The van der Waals surface area contributed by atoms with Crippen molar-refractivity contribution in [3.05, 3.63) is 17.7 Å². The van der Waals surface area contributed by atoms with Crippen LogP contribution in [0.25, 0.3) is 0 Å². The van der Waals surface area contributed by atoms with Crippen molar-refractivity contribution in [3.63, 3.8) is 0 Å². The van der Waals surface area contributed by atoms with Gasteiger partial charge in [-0.1, -0.05) is 0 Å². The van der Waals surface area contributed by atoms with E-state index < -0.39 is 11.9 Å². The number of aromatic nitrogens is 2. The molecule has 0 aliphatic rings. The lowest BCUT2D eigenvalue weighted by molar-refractivity contribution is -0.141. The average Bonchev–Trinajstić information content (AvgIpc) is 2.11. The molecule has 6 heteroatoms. The Kier molecular flexibility index (Phi) is 1.54. The first-order valence-electron chi connectivity index (χ1n) is 2.79. The molecule has 3 nitrogen and oxygen atoms in total. The summed E-state index contributed by atoms with van der Waals surface area (Å²) in [4.78, 5) is 3.10. The number of imidazole rings is 1. The van der Waals surface area contributed by atoms with Crippen LogP contribution in [0.1, 0.15) is 11.4 Å². The van der Waals surface area contributed by atoms with Gasteiger partial charge in [0.1, 0.15) is 6.33 Å². The van der Waals surface area contributed by atoms with Crippen molar-refractivity contribution in [2.75, 3.05) is 5.84 Å². The standard InChI is InChI=1S/C5H6F3N3/c1-3-4(5(6,7)8)10-2-11(3)9/h2H,9H2,1H3. The van der Waals surface area contributed by atoms with Crippen LogP contribution in [0.3, 0.4) is 0 Å². The summed E-state index contributed by atoms with van der Waals surface area (Å²) in [6.07, 6.45) is -3.48. The van der Waals surface area contributed by atoms with Crippen LogP contribution in [0.2, 0.25) is 0 Å². The van der Waals surface area contributed by atoms with Crippen molar-refractivity contribution >= 4 is 0 Å². The van der Waals surface area contributed by atoms with Crippen molar-refractivity contribution in [2.45, 2.75) is 13.1 Å². The van der Waals surface area contributed by atoms with E-state index in [4.69, 9.17) is 5.84 Å². The van der Waals surface area contributed by atoms with Gasteiger partial charge in [-0.2, -0.15) is 13.2 Å². The third-order valence-electron chi connectivity index (χ3n) is 1.31. The van der Waals surface area contributed by atoms with Gasteiger partial charge in [0.15, 0.2) is 5.69 Å². The summed E-state index contributed by atoms with van der Waals surface area (Å²) in [5.74, 6) is 5.09. The van der Waals surface area contributed by atoms with E-state index in [0.717, 1.165) is 11.0 Å². The Morgan fingerprint density at radius 2 is 2.09 bits per heavy atom. The van der Waals surface area contributed by atoms with Gasteiger partial charge in [0.05, 0.1) is 5.69 Å². The molecule has 0 saturated heterocycles. The van der Waals surface area contributed by atoms with Gasteiger partial charge in [0.2, 0.25) is 0 Å². The number of hydrogen-bond donors (Lipinski definition) is 1. The highest BCUT2D eigenvalue weighted by Gasteiger charge is 2.35. The van der Waals surface area contributed by atoms with E-state index in [-0.39, 0.29) is 5.69 Å². The molecule has 0 aromatic carbocycles. The SMILES string of the molecule is Cc1c(C(F)(F)F)ncn1N. The second-order valence-corrected chi connectivity index (χ2v) is 2.08. The lowest BCUT2D eigenvalue weighted by Gasteiger charge is -2.03. The first kappa shape index (κ1) is 7.90. The predicted molar refractivity (Wildman–Crippen MR) is 32.1 cm³/mol. The third kappa shape index (κ3) is 1.28. The van der Waals surface area contributed by atoms with Crippen molar-refractivity contribution in [1.82, 2.24) is 9.66 Å². The highest BCUT2D eigenvalue weighted by Crippen LogP contribution is 2.29. The van der Waals surface area contributed by atoms with Gasteiger partial charge < -0.3 is 5.84 Å². The largest absolute Gasteiger partial charge is 0.435 e. The zero-order valence-corrected chi connectivity index (χ0v) is 5.68. The maximum atomic E-state index is 11.9. The van der Waals surface area contributed by atoms with Crippen molar-refractivity contribution < 1.29 is 13.2 Å². The number of rotatable bonds is 0. The fraction of sp³-hybridized carbons (Fsp3) is 0.400. The molecule has 0 radical (unpaired) electrons. The lowest BCUT2D eigenvalue weighted by atomic mass is 10.3. The molecule has 0 unspecified atom stereocenters. The van der Waals surface area contributed by atoms with E-state index in [1.807, 2.05) is 0 Å².